The quantitative estimate of drug-likeness (QED) is 0.909. The van der Waals surface area contributed by atoms with E-state index in [1.807, 2.05) is 0 Å². The Hall–Kier alpha value is -0.540. The van der Waals surface area contributed by atoms with Gasteiger partial charge in [-0.1, -0.05) is 15.9 Å². The number of nitrogens with one attached hydrogen (secondary N) is 1. The van der Waals surface area contributed by atoms with Crippen LogP contribution in [-0.4, -0.2) is 18.8 Å². The van der Waals surface area contributed by atoms with Crippen LogP contribution in [0.5, 0.6) is 0 Å². The Labute approximate surface area is 112 Å². The van der Waals surface area contributed by atoms with E-state index in [0.29, 0.717) is 12.2 Å². The molecule has 0 radical (unpaired) electrons. The van der Waals surface area contributed by atoms with Crippen LogP contribution in [0.3, 0.4) is 0 Å². The fourth-order valence-electron chi connectivity index (χ4n) is 2.32. The first-order chi connectivity index (χ1) is 8.06. The van der Waals surface area contributed by atoms with E-state index in [9.17, 15) is 0 Å². The smallest absolute Gasteiger partial charge is 0.0751 e. The molecule has 1 fully saturated rings. The normalized spacial score (nSPS) is 24.0. The third-order valence-electron chi connectivity index (χ3n) is 3.29. The third-order valence-corrected chi connectivity index (χ3v) is 4.54. The minimum absolute atomic E-state index is 0.370. The maximum absolute atomic E-state index is 5.80. The molecule has 0 spiro atoms. The summed E-state index contributed by atoms with van der Waals surface area (Å²) >= 11 is 3.59. The Morgan fingerprint density at radius 2 is 1.94 bits per heavy atom. The van der Waals surface area contributed by atoms with Crippen molar-refractivity contribution in [2.45, 2.75) is 45.8 Å². The van der Waals surface area contributed by atoms with Gasteiger partial charge < -0.3 is 10.1 Å². The number of anilines is 1. The van der Waals surface area contributed by atoms with Crippen molar-refractivity contribution in [1.82, 2.24) is 0 Å². The van der Waals surface area contributed by atoms with E-state index < -0.39 is 0 Å². The molecular formula is C14H20BrNO. The van der Waals surface area contributed by atoms with Gasteiger partial charge in [0.2, 0.25) is 0 Å². The van der Waals surface area contributed by atoms with Crippen molar-refractivity contribution < 1.29 is 4.74 Å². The Morgan fingerprint density at radius 3 is 2.47 bits per heavy atom. The average molecular weight is 298 g/mol. The molecule has 17 heavy (non-hydrogen) atoms. The maximum atomic E-state index is 5.80. The number of halogens is 1. The van der Waals surface area contributed by atoms with E-state index >= 15 is 0 Å². The van der Waals surface area contributed by atoms with Crippen LogP contribution in [0, 0.1) is 13.8 Å². The number of benzene rings is 1. The number of hydrogen-bond acceptors (Lipinski definition) is 2. The van der Waals surface area contributed by atoms with E-state index in [0.717, 1.165) is 6.54 Å². The molecule has 1 heterocycles. The van der Waals surface area contributed by atoms with Gasteiger partial charge in [0.15, 0.2) is 0 Å². The molecule has 1 aliphatic heterocycles. The van der Waals surface area contributed by atoms with E-state index in [-0.39, 0.29) is 0 Å². The summed E-state index contributed by atoms with van der Waals surface area (Å²) in [4.78, 5) is 0. The molecule has 2 nitrogen and oxygen atoms in total. The molecule has 1 aromatic rings. The van der Waals surface area contributed by atoms with Gasteiger partial charge in [-0.2, -0.15) is 0 Å². The van der Waals surface area contributed by atoms with Crippen molar-refractivity contribution in [2.24, 2.45) is 0 Å². The first-order valence-corrected chi connectivity index (χ1v) is 7.01. The second-order valence-corrected chi connectivity index (χ2v) is 5.74. The van der Waals surface area contributed by atoms with Gasteiger partial charge in [-0.25, -0.2) is 0 Å². The van der Waals surface area contributed by atoms with Gasteiger partial charge in [-0.3, -0.25) is 0 Å². The van der Waals surface area contributed by atoms with Crippen LogP contribution in [-0.2, 0) is 4.74 Å². The van der Waals surface area contributed by atoms with Crippen LogP contribution in [0.2, 0.25) is 0 Å². The van der Waals surface area contributed by atoms with Crippen molar-refractivity contribution in [2.75, 3.05) is 11.9 Å². The van der Waals surface area contributed by atoms with E-state index in [2.05, 4.69) is 54.2 Å². The molecule has 1 N–H and O–H groups in total. The van der Waals surface area contributed by atoms with Crippen molar-refractivity contribution in [3.63, 3.8) is 0 Å². The lowest BCUT2D eigenvalue weighted by molar-refractivity contribution is 0.0637. The van der Waals surface area contributed by atoms with Crippen LogP contribution in [0.25, 0.3) is 0 Å². The van der Waals surface area contributed by atoms with Gasteiger partial charge in [0, 0.05) is 16.7 Å². The predicted molar refractivity (Wildman–Crippen MR) is 75.7 cm³/mol. The molecular weight excluding hydrogens is 278 g/mol. The summed E-state index contributed by atoms with van der Waals surface area (Å²) in [6.45, 7) is 7.30. The molecule has 0 saturated carbocycles. The maximum Gasteiger partial charge on any atom is 0.0751 e. The van der Waals surface area contributed by atoms with Crippen LogP contribution >= 0.6 is 15.9 Å². The summed E-state index contributed by atoms with van der Waals surface area (Å²) in [6.07, 6.45) is 3.15. The lowest BCUT2D eigenvalue weighted by Crippen LogP contribution is -2.19. The van der Waals surface area contributed by atoms with Gasteiger partial charge in [0.25, 0.3) is 0 Å². The zero-order valence-corrected chi connectivity index (χ0v) is 12.3. The Balaban J connectivity index is 1.95. The molecule has 2 unspecified atom stereocenters. The molecule has 3 heteroatoms. The molecule has 1 aromatic carbocycles. The van der Waals surface area contributed by atoms with Crippen molar-refractivity contribution in [3.05, 3.63) is 27.7 Å². The molecule has 94 valence electrons. The van der Waals surface area contributed by atoms with Crippen molar-refractivity contribution in [3.8, 4) is 0 Å². The van der Waals surface area contributed by atoms with Crippen LogP contribution in [0.1, 0.15) is 30.9 Å². The Morgan fingerprint density at radius 1 is 1.29 bits per heavy atom. The second kappa shape index (κ2) is 5.40. The second-order valence-electron chi connectivity index (χ2n) is 4.95. The van der Waals surface area contributed by atoms with E-state index in [1.165, 1.54) is 34.1 Å². The fraction of sp³-hybridized carbons (Fsp3) is 0.571. The molecule has 1 saturated heterocycles. The Kier molecular flexibility index (Phi) is 4.10. The largest absolute Gasteiger partial charge is 0.382 e. The molecule has 0 amide bonds. The summed E-state index contributed by atoms with van der Waals surface area (Å²) in [6, 6.07) is 4.35. The minimum Gasteiger partial charge on any atom is -0.382 e. The summed E-state index contributed by atoms with van der Waals surface area (Å²) < 4.78 is 7.00. The molecule has 0 aromatic heterocycles. The van der Waals surface area contributed by atoms with E-state index in [1.54, 1.807) is 0 Å². The summed E-state index contributed by atoms with van der Waals surface area (Å²) in [7, 11) is 0. The lowest BCUT2D eigenvalue weighted by atomic mass is 10.1. The minimum atomic E-state index is 0.370. The summed E-state index contributed by atoms with van der Waals surface area (Å²) in [5.41, 5.74) is 3.73. The summed E-state index contributed by atoms with van der Waals surface area (Å²) in [5.74, 6) is 0. The monoisotopic (exact) mass is 297 g/mol. The van der Waals surface area contributed by atoms with Gasteiger partial charge in [-0.15, -0.1) is 0 Å². The third kappa shape index (κ3) is 3.23. The SMILES string of the molecule is Cc1cc(NCC2CCC(C)O2)cc(C)c1Br. The molecule has 0 bridgehead atoms. The standard InChI is InChI=1S/C14H20BrNO/c1-9-6-12(7-10(2)14(9)15)16-8-13-5-4-11(3)17-13/h6-7,11,13,16H,4-5,8H2,1-3H3. The number of rotatable bonds is 3. The van der Waals surface area contributed by atoms with Gasteiger partial charge in [-0.05, 0) is 56.9 Å². The van der Waals surface area contributed by atoms with Crippen molar-refractivity contribution in [1.29, 1.82) is 0 Å². The number of ether oxygens (including phenoxy) is 1. The van der Waals surface area contributed by atoms with Gasteiger partial charge in [0.1, 0.15) is 0 Å². The van der Waals surface area contributed by atoms with Crippen molar-refractivity contribution >= 4 is 21.6 Å². The molecule has 2 rings (SSSR count). The predicted octanol–water partition coefficient (Wildman–Crippen LogP) is 4.05. The highest BCUT2D eigenvalue weighted by Crippen LogP contribution is 2.25. The van der Waals surface area contributed by atoms with Crippen LogP contribution in [0.15, 0.2) is 16.6 Å². The van der Waals surface area contributed by atoms with Gasteiger partial charge >= 0.3 is 0 Å². The summed E-state index contributed by atoms with van der Waals surface area (Å²) in [5, 5.41) is 3.47. The van der Waals surface area contributed by atoms with E-state index in [4.69, 9.17) is 4.74 Å². The first kappa shape index (κ1) is 12.9. The topological polar surface area (TPSA) is 21.3 Å². The van der Waals surface area contributed by atoms with Crippen LogP contribution in [0.4, 0.5) is 5.69 Å². The molecule has 2 atom stereocenters. The number of hydrogen-bond donors (Lipinski definition) is 1. The average Bonchev–Trinajstić information content (AvgIpc) is 2.69. The lowest BCUT2D eigenvalue weighted by Gasteiger charge is -2.15. The van der Waals surface area contributed by atoms with Gasteiger partial charge in [0.05, 0.1) is 12.2 Å². The highest BCUT2D eigenvalue weighted by atomic mass is 79.9. The highest BCUT2D eigenvalue weighted by molar-refractivity contribution is 9.10. The van der Waals surface area contributed by atoms with Crippen LogP contribution < -0.4 is 5.32 Å². The Bertz CT molecular complexity index is 382. The zero-order valence-electron chi connectivity index (χ0n) is 10.7. The molecule has 1 aliphatic rings. The fourth-order valence-corrected chi connectivity index (χ4v) is 2.54. The number of aryl methyl sites for hydroxylation is 2. The molecule has 0 aliphatic carbocycles. The highest BCUT2D eigenvalue weighted by Gasteiger charge is 2.21. The zero-order chi connectivity index (χ0) is 12.4. The first-order valence-electron chi connectivity index (χ1n) is 6.22.